The molecule has 1 aliphatic rings. The third-order valence-electron chi connectivity index (χ3n) is 9.70. The number of anilines is 2. The standard InChI is InChI=1S/C40H62N6O11S2/c47-24-31(49)19-34(51)28(13-15-42-39(56)26-7-11-30(12-8-26)45-22-36(53)35(52)20-32(50)25-48)21-44-29-9-5-27(6-10-29)40(57)43-17-16-41-38(55)23-46-37(54)4-2-1-3-33-14-18-58-59-33/h5-12,28,31-36,44-45,47-53H,1-4,13-25H2,(H,41,55)(H,42,56)(H,43,57)(H,46,54). The number of benzene rings is 2. The maximum Gasteiger partial charge on any atom is 0.251 e. The van der Waals surface area contributed by atoms with Crippen molar-refractivity contribution in [2.45, 2.75) is 87.1 Å². The molecule has 0 saturated carbocycles. The molecule has 3 rings (SSSR count). The van der Waals surface area contributed by atoms with Crippen molar-refractivity contribution in [1.29, 1.82) is 0 Å². The van der Waals surface area contributed by atoms with Crippen LogP contribution in [-0.4, -0.2) is 153 Å². The molecule has 0 aliphatic carbocycles. The van der Waals surface area contributed by atoms with Gasteiger partial charge in [0.2, 0.25) is 11.8 Å². The van der Waals surface area contributed by atoms with Crippen LogP contribution in [0.4, 0.5) is 11.4 Å². The van der Waals surface area contributed by atoms with Crippen molar-refractivity contribution >= 4 is 56.6 Å². The van der Waals surface area contributed by atoms with Crippen molar-refractivity contribution in [2.24, 2.45) is 5.92 Å². The largest absolute Gasteiger partial charge is 0.394 e. The molecule has 0 spiro atoms. The number of rotatable bonds is 29. The molecule has 7 unspecified atom stereocenters. The molecule has 2 aromatic carbocycles. The Balaban J connectivity index is 1.36. The van der Waals surface area contributed by atoms with Crippen LogP contribution in [0.15, 0.2) is 48.5 Å². The molecule has 1 saturated heterocycles. The fourth-order valence-electron chi connectivity index (χ4n) is 6.08. The van der Waals surface area contributed by atoms with E-state index < -0.39 is 49.7 Å². The second kappa shape index (κ2) is 28.0. The van der Waals surface area contributed by atoms with E-state index in [-0.39, 0.29) is 75.7 Å². The molecule has 330 valence electrons. The van der Waals surface area contributed by atoms with Gasteiger partial charge in [-0.25, -0.2) is 0 Å². The van der Waals surface area contributed by atoms with Gasteiger partial charge in [0.1, 0.15) is 0 Å². The van der Waals surface area contributed by atoms with Gasteiger partial charge in [-0.1, -0.05) is 28.0 Å². The minimum absolute atomic E-state index is 0.0287. The normalized spacial score (nSPS) is 16.8. The van der Waals surface area contributed by atoms with Gasteiger partial charge in [0.25, 0.3) is 11.8 Å². The summed E-state index contributed by atoms with van der Waals surface area (Å²) in [6, 6.07) is 13.0. The quantitative estimate of drug-likeness (QED) is 0.0384. The van der Waals surface area contributed by atoms with E-state index in [2.05, 4.69) is 31.9 Å². The van der Waals surface area contributed by atoms with E-state index in [0.717, 1.165) is 19.3 Å². The minimum atomic E-state index is -1.24. The Kier molecular flexibility index (Phi) is 23.6. The van der Waals surface area contributed by atoms with Gasteiger partial charge in [0.15, 0.2) is 0 Å². The number of amides is 4. The Hall–Kier alpha value is -3.66. The highest BCUT2D eigenvalue weighted by atomic mass is 33.1. The van der Waals surface area contributed by atoms with E-state index >= 15 is 0 Å². The summed E-state index contributed by atoms with van der Waals surface area (Å²) in [5.41, 5.74) is 1.98. The number of unbranched alkanes of at least 4 members (excludes halogenated alkanes) is 1. The smallest absolute Gasteiger partial charge is 0.251 e. The first-order chi connectivity index (χ1) is 28.4. The average molecular weight is 867 g/mol. The van der Waals surface area contributed by atoms with Crippen molar-refractivity contribution in [3.8, 4) is 0 Å². The Morgan fingerprint density at radius 2 is 1.20 bits per heavy atom. The highest BCUT2D eigenvalue weighted by Gasteiger charge is 2.23. The molecule has 19 heteroatoms. The fourth-order valence-corrected chi connectivity index (χ4v) is 9.11. The highest BCUT2D eigenvalue weighted by molar-refractivity contribution is 8.77. The summed E-state index contributed by atoms with van der Waals surface area (Å²) >= 11 is 0. The molecule has 59 heavy (non-hydrogen) atoms. The predicted molar refractivity (Wildman–Crippen MR) is 229 cm³/mol. The lowest BCUT2D eigenvalue weighted by molar-refractivity contribution is -0.126. The molecular formula is C40H62N6O11S2. The topological polar surface area (TPSA) is 282 Å². The lowest BCUT2D eigenvalue weighted by Crippen LogP contribution is -2.40. The van der Waals surface area contributed by atoms with E-state index in [1.54, 1.807) is 48.5 Å². The highest BCUT2D eigenvalue weighted by Crippen LogP contribution is 2.39. The first-order valence-electron chi connectivity index (χ1n) is 20.1. The zero-order chi connectivity index (χ0) is 43.0. The molecule has 2 aromatic rings. The molecule has 0 radical (unpaired) electrons. The number of aliphatic hydroxyl groups is 7. The molecule has 1 fully saturated rings. The van der Waals surface area contributed by atoms with Crippen LogP contribution >= 0.6 is 21.6 Å². The Labute approximate surface area is 353 Å². The van der Waals surface area contributed by atoms with Gasteiger partial charge >= 0.3 is 0 Å². The van der Waals surface area contributed by atoms with E-state index in [9.17, 15) is 49.8 Å². The molecule has 0 bridgehead atoms. The van der Waals surface area contributed by atoms with E-state index in [1.807, 2.05) is 21.6 Å². The summed E-state index contributed by atoms with van der Waals surface area (Å²) in [6.45, 7) is -0.378. The maximum atomic E-state index is 12.8. The van der Waals surface area contributed by atoms with Gasteiger partial charge in [-0.2, -0.15) is 0 Å². The van der Waals surface area contributed by atoms with Gasteiger partial charge in [0.05, 0.1) is 50.3 Å². The Morgan fingerprint density at radius 3 is 1.78 bits per heavy atom. The van der Waals surface area contributed by atoms with Crippen molar-refractivity contribution in [1.82, 2.24) is 21.3 Å². The van der Waals surface area contributed by atoms with Crippen molar-refractivity contribution in [3.05, 3.63) is 59.7 Å². The van der Waals surface area contributed by atoms with Crippen LogP contribution < -0.4 is 31.9 Å². The van der Waals surface area contributed by atoms with Crippen LogP contribution in [0, 0.1) is 5.92 Å². The summed E-state index contributed by atoms with van der Waals surface area (Å²) in [5, 5.41) is 86.2. The Morgan fingerprint density at radius 1 is 0.644 bits per heavy atom. The van der Waals surface area contributed by atoms with Crippen LogP contribution in [0.2, 0.25) is 0 Å². The zero-order valence-corrected chi connectivity index (χ0v) is 34.9. The number of hydrogen-bond donors (Lipinski definition) is 13. The van der Waals surface area contributed by atoms with Gasteiger partial charge < -0.3 is 67.6 Å². The van der Waals surface area contributed by atoms with E-state index in [0.29, 0.717) is 40.6 Å². The van der Waals surface area contributed by atoms with Crippen LogP contribution in [-0.2, 0) is 9.59 Å². The van der Waals surface area contributed by atoms with Crippen molar-refractivity contribution in [3.63, 3.8) is 0 Å². The fraction of sp³-hybridized carbons (Fsp3) is 0.600. The molecular weight excluding hydrogens is 805 g/mol. The lowest BCUT2D eigenvalue weighted by Gasteiger charge is -2.25. The molecule has 1 aliphatic heterocycles. The summed E-state index contributed by atoms with van der Waals surface area (Å²) in [6.07, 6.45) is -1.13. The van der Waals surface area contributed by atoms with Gasteiger partial charge in [-0.15, -0.1) is 0 Å². The second-order valence-corrected chi connectivity index (χ2v) is 17.3. The third-order valence-corrected chi connectivity index (χ3v) is 12.7. The van der Waals surface area contributed by atoms with E-state index in [1.165, 1.54) is 12.2 Å². The summed E-state index contributed by atoms with van der Waals surface area (Å²) < 4.78 is 0. The van der Waals surface area contributed by atoms with Gasteiger partial charge in [-0.05, 0) is 74.2 Å². The molecule has 7 atom stereocenters. The van der Waals surface area contributed by atoms with E-state index in [4.69, 9.17) is 5.11 Å². The van der Waals surface area contributed by atoms with Gasteiger partial charge in [-0.3, -0.25) is 19.2 Å². The molecule has 17 nitrogen and oxygen atoms in total. The zero-order valence-electron chi connectivity index (χ0n) is 33.3. The molecule has 0 aromatic heterocycles. The average Bonchev–Trinajstić information content (AvgIpc) is 3.77. The van der Waals surface area contributed by atoms with Crippen LogP contribution in [0.25, 0.3) is 0 Å². The Bertz CT molecular complexity index is 1540. The number of hydrogen-bond acceptors (Lipinski definition) is 15. The molecule has 4 amide bonds. The predicted octanol–water partition coefficient (Wildman–Crippen LogP) is 0.192. The summed E-state index contributed by atoms with van der Waals surface area (Å²) in [4.78, 5) is 49.7. The minimum Gasteiger partial charge on any atom is -0.394 e. The monoisotopic (exact) mass is 866 g/mol. The molecule has 13 N–H and O–H groups in total. The number of nitrogens with one attached hydrogen (secondary N) is 6. The third kappa shape index (κ3) is 20.0. The SMILES string of the molecule is O=C(CCCCC1CCSS1)NCC(=O)NCCNC(=O)c1ccc(NCC(CCNC(=O)c2ccc(NCC(O)C(O)CC(O)CO)cc2)C(O)CC(O)CO)cc1. The first-order valence-corrected chi connectivity index (χ1v) is 22.4. The number of aliphatic hydroxyl groups excluding tert-OH is 7. The van der Waals surface area contributed by atoms with Crippen LogP contribution in [0.1, 0.15) is 72.1 Å². The van der Waals surface area contributed by atoms with Crippen LogP contribution in [0.5, 0.6) is 0 Å². The molecule has 1 heterocycles. The first kappa shape index (κ1) is 49.7. The second-order valence-electron chi connectivity index (χ2n) is 14.5. The maximum absolute atomic E-state index is 12.8. The number of carbonyl (C=O) groups excluding carboxylic acids is 4. The van der Waals surface area contributed by atoms with Crippen molar-refractivity contribution in [2.75, 3.05) is 68.9 Å². The van der Waals surface area contributed by atoms with Crippen LogP contribution in [0.3, 0.4) is 0 Å². The lowest BCUT2D eigenvalue weighted by atomic mass is 9.93. The van der Waals surface area contributed by atoms with Gasteiger partial charge in [0, 0.05) is 91.4 Å². The number of carbonyl (C=O) groups is 4. The van der Waals surface area contributed by atoms with Crippen molar-refractivity contribution < 1.29 is 54.9 Å². The summed E-state index contributed by atoms with van der Waals surface area (Å²) in [7, 11) is 3.83. The summed E-state index contributed by atoms with van der Waals surface area (Å²) in [5.74, 6) is -0.453.